The first kappa shape index (κ1) is 16.6. The number of nitrogens with one attached hydrogen (secondary N) is 2. The summed E-state index contributed by atoms with van der Waals surface area (Å²) in [5, 5.41) is 49.1. The molecule has 0 amide bonds. The van der Waals surface area contributed by atoms with Gasteiger partial charge in [-0.05, 0) is 20.3 Å². The van der Waals surface area contributed by atoms with Gasteiger partial charge in [-0.1, -0.05) is 0 Å². The summed E-state index contributed by atoms with van der Waals surface area (Å²) in [6, 6.07) is 0. The molecule has 4 aliphatic heterocycles. The highest BCUT2D eigenvalue weighted by Gasteiger charge is 2.64. The number of aliphatic hydroxyl groups excluding tert-OH is 5. The van der Waals surface area contributed by atoms with Crippen LogP contribution in [0.5, 0.6) is 0 Å². The van der Waals surface area contributed by atoms with E-state index in [2.05, 4.69) is 13.8 Å². The maximum absolute atomic E-state index is 10.6. The van der Waals surface area contributed by atoms with Crippen molar-refractivity contribution in [3.05, 3.63) is 0 Å². The van der Waals surface area contributed by atoms with Crippen LogP contribution >= 0.6 is 0 Å². The third-order valence-corrected chi connectivity index (χ3v) is 5.97. The highest BCUT2D eigenvalue weighted by atomic mass is 16.4. The average molecular weight is 318 g/mol. The van der Waals surface area contributed by atoms with Crippen molar-refractivity contribution in [2.45, 2.75) is 50.8 Å². The Hall–Kier alpha value is -0.280. The smallest absolute Gasteiger partial charge is 0.242 e. The Morgan fingerprint density at radius 2 is 1.36 bits per heavy atom. The van der Waals surface area contributed by atoms with Gasteiger partial charge in [0, 0.05) is 0 Å². The number of piperidine rings is 2. The minimum atomic E-state index is -1.54. The van der Waals surface area contributed by atoms with E-state index < -0.39 is 31.0 Å². The van der Waals surface area contributed by atoms with Gasteiger partial charge in [0.05, 0.1) is 43.6 Å². The Bertz CT molecular complexity index is 398. The molecule has 7 nitrogen and oxygen atoms in total. The summed E-state index contributed by atoms with van der Waals surface area (Å²) in [7, 11) is 0. The monoisotopic (exact) mass is 318 g/mol. The van der Waals surface area contributed by atoms with E-state index in [4.69, 9.17) is 5.11 Å². The number of hydrogen-bond donors (Lipinski definition) is 7. The summed E-state index contributed by atoms with van der Waals surface area (Å²) in [6.07, 6.45) is -4.52. The third-order valence-electron chi connectivity index (χ3n) is 5.97. The van der Waals surface area contributed by atoms with Crippen LogP contribution < -0.4 is 9.80 Å². The lowest BCUT2D eigenvalue weighted by molar-refractivity contribution is -1.18. The van der Waals surface area contributed by atoms with E-state index >= 15 is 0 Å². The number of hydrogen-bond acceptors (Lipinski definition) is 5. The van der Waals surface area contributed by atoms with E-state index in [1.165, 1.54) is 16.2 Å². The van der Waals surface area contributed by atoms with Crippen molar-refractivity contribution in [2.75, 3.05) is 32.8 Å². The van der Waals surface area contributed by atoms with Crippen LogP contribution in [0.1, 0.15) is 20.3 Å². The van der Waals surface area contributed by atoms with Gasteiger partial charge < -0.3 is 25.5 Å². The van der Waals surface area contributed by atoms with Crippen LogP contribution in [-0.2, 0) is 0 Å². The summed E-state index contributed by atoms with van der Waals surface area (Å²) < 4.78 is 0. The Balaban J connectivity index is 1.76. The van der Waals surface area contributed by atoms with Gasteiger partial charge in [-0.3, -0.25) is 9.80 Å². The second kappa shape index (κ2) is 5.37. The second-order valence-electron chi connectivity index (χ2n) is 8.52. The van der Waals surface area contributed by atoms with Gasteiger partial charge in [-0.15, -0.1) is 0 Å². The number of quaternary nitrogens is 2. The van der Waals surface area contributed by atoms with Crippen LogP contribution in [0.15, 0.2) is 0 Å². The average Bonchev–Trinajstić information content (AvgIpc) is 2.41. The molecule has 0 aromatic carbocycles. The summed E-state index contributed by atoms with van der Waals surface area (Å²) in [5.41, 5.74) is 0.556. The lowest BCUT2D eigenvalue weighted by atomic mass is 9.63. The van der Waals surface area contributed by atoms with Crippen LogP contribution in [0.4, 0.5) is 0 Å². The molecule has 4 fully saturated rings. The molecule has 0 aromatic heterocycles. The van der Waals surface area contributed by atoms with E-state index in [1.807, 2.05) is 0 Å². The minimum Gasteiger partial charge on any atom is -0.394 e. The molecular weight excluding hydrogens is 288 g/mol. The Morgan fingerprint density at radius 1 is 0.909 bits per heavy atom. The van der Waals surface area contributed by atoms with Crippen LogP contribution in [-0.4, -0.2) is 88.9 Å². The maximum atomic E-state index is 10.6. The molecule has 0 aliphatic carbocycles. The molecule has 128 valence electrons. The molecule has 0 saturated carbocycles. The molecule has 4 atom stereocenters. The zero-order valence-electron chi connectivity index (χ0n) is 13.4. The first-order valence-electron chi connectivity index (χ1n) is 8.20. The Morgan fingerprint density at radius 3 is 1.77 bits per heavy atom. The molecule has 4 aliphatic rings. The summed E-state index contributed by atoms with van der Waals surface area (Å²) >= 11 is 0. The first-order valence-corrected chi connectivity index (χ1v) is 8.20. The fraction of sp³-hybridized carbons (Fsp3) is 1.00. The van der Waals surface area contributed by atoms with E-state index in [1.54, 1.807) is 0 Å². The van der Waals surface area contributed by atoms with Crippen molar-refractivity contribution in [3.63, 3.8) is 0 Å². The fourth-order valence-corrected chi connectivity index (χ4v) is 5.67. The molecule has 0 spiro atoms. The molecule has 22 heavy (non-hydrogen) atoms. The van der Waals surface area contributed by atoms with Crippen molar-refractivity contribution >= 4 is 0 Å². The van der Waals surface area contributed by atoms with E-state index in [0.717, 1.165) is 26.2 Å². The van der Waals surface area contributed by atoms with Gasteiger partial charge in [-0.2, -0.15) is 0 Å². The third kappa shape index (κ3) is 2.58. The molecule has 4 heterocycles. The van der Waals surface area contributed by atoms with Crippen LogP contribution in [0, 0.1) is 10.8 Å². The quantitative estimate of drug-likeness (QED) is 0.275. The fourth-order valence-electron chi connectivity index (χ4n) is 5.67. The van der Waals surface area contributed by atoms with Gasteiger partial charge in [0.25, 0.3) is 0 Å². The molecule has 0 radical (unpaired) electrons. The highest BCUT2D eigenvalue weighted by Crippen LogP contribution is 2.38. The van der Waals surface area contributed by atoms with E-state index in [-0.39, 0.29) is 17.0 Å². The SMILES string of the molecule is CC12C[NH+]3CC(C)(C[NH+](C1)C3[C@@H](O)[C@H](O)[C@H](O)[C@H](O)CO)C2. The van der Waals surface area contributed by atoms with Crippen molar-refractivity contribution in [1.29, 1.82) is 0 Å². The molecule has 0 unspecified atom stereocenters. The van der Waals surface area contributed by atoms with Crippen LogP contribution in [0.25, 0.3) is 0 Å². The maximum Gasteiger partial charge on any atom is 0.242 e. The minimum absolute atomic E-state index is 0.183. The Labute approximate surface area is 130 Å². The van der Waals surface area contributed by atoms with Crippen molar-refractivity contribution < 1.29 is 35.3 Å². The highest BCUT2D eigenvalue weighted by molar-refractivity contribution is 4.94. The normalized spacial score (nSPS) is 49.0. The van der Waals surface area contributed by atoms with Gasteiger partial charge >= 0.3 is 0 Å². The molecule has 0 aromatic rings. The number of aliphatic hydroxyl groups is 5. The molecule has 7 heteroatoms. The molecular formula is C15H30N2O5+2. The van der Waals surface area contributed by atoms with Crippen LogP contribution in [0.3, 0.4) is 0 Å². The second-order valence-corrected chi connectivity index (χ2v) is 8.52. The molecule has 4 bridgehead atoms. The predicted octanol–water partition coefficient (Wildman–Crippen LogP) is -5.04. The standard InChI is InChI=1S/C15H28N2O5/c1-14-4-15(2)7-16(5-14)13(17(6-14)8-15)12(22)11(21)10(20)9(19)3-18/h9-13,18-22H,3-8H2,1-2H3/p+2/t9-,10-,11-,12+,13?,14?,15?/m1/s1. The van der Waals surface area contributed by atoms with E-state index in [9.17, 15) is 20.4 Å². The zero-order valence-corrected chi connectivity index (χ0v) is 13.4. The lowest BCUT2D eigenvalue weighted by Crippen LogP contribution is -3.45. The largest absolute Gasteiger partial charge is 0.394 e. The van der Waals surface area contributed by atoms with Gasteiger partial charge in [0.15, 0.2) is 6.10 Å². The summed E-state index contributed by atoms with van der Waals surface area (Å²) in [4.78, 5) is 2.56. The van der Waals surface area contributed by atoms with Gasteiger partial charge in [-0.25, -0.2) is 0 Å². The zero-order chi connectivity index (χ0) is 16.3. The van der Waals surface area contributed by atoms with Crippen molar-refractivity contribution in [2.24, 2.45) is 10.8 Å². The molecule has 4 rings (SSSR count). The predicted molar refractivity (Wildman–Crippen MR) is 77.1 cm³/mol. The van der Waals surface area contributed by atoms with Gasteiger partial charge in [0.1, 0.15) is 18.3 Å². The van der Waals surface area contributed by atoms with Crippen molar-refractivity contribution in [3.8, 4) is 0 Å². The Kier molecular flexibility index (Phi) is 4.05. The summed E-state index contributed by atoms with van der Waals surface area (Å²) in [6.45, 7) is 7.84. The molecule has 4 saturated heterocycles. The topological polar surface area (TPSA) is 110 Å². The first-order chi connectivity index (χ1) is 10.2. The molecule has 7 N–H and O–H groups in total. The van der Waals surface area contributed by atoms with Crippen molar-refractivity contribution in [1.82, 2.24) is 0 Å². The van der Waals surface area contributed by atoms with Gasteiger partial charge in [0.2, 0.25) is 6.17 Å². The van der Waals surface area contributed by atoms with Crippen LogP contribution in [0.2, 0.25) is 0 Å². The lowest BCUT2D eigenvalue weighted by Gasteiger charge is -2.61. The summed E-state index contributed by atoms with van der Waals surface area (Å²) in [5.74, 6) is 0. The van der Waals surface area contributed by atoms with E-state index in [0.29, 0.717) is 0 Å². The number of rotatable bonds is 5.